The van der Waals surface area contributed by atoms with Crippen molar-refractivity contribution >= 4 is 5.91 Å². The zero-order valence-electron chi connectivity index (χ0n) is 20.0. The molecule has 2 aliphatic heterocycles. The van der Waals surface area contributed by atoms with Crippen molar-refractivity contribution in [2.75, 3.05) is 26.2 Å². The molecule has 3 aromatic rings. The average molecular weight is 465 g/mol. The minimum absolute atomic E-state index is 0.102. The molecule has 1 N–H and O–H groups in total. The highest BCUT2D eigenvalue weighted by atomic mass is 16.3. The Kier molecular flexibility index (Phi) is 7.28. The Morgan fingerprint density at radius 3 is 2.14 bits per heavy atom. The molecule has 0 aliphatic carbocycles. The number of amides is 1. The maximum atomic E-state index is 13.2. The fourth-order valence-electron chi connectivity index (χ4n) is 5.50. The largest absolute Gasteiger partial charge is 0.395 e. The zero-order chi connectivity index (χ0) is 24.0. The second kappa shape index (κ2) is 10.9. The summed E-state index contributed by atoms with van der Waals surface area (Å²) in [6.07, 6.45) is 2.49. The van der Waals surface area contributed by atoms with Gasteiger partial charge in [-0.05, 0) is 54.8 Å². The molecule has 35 heavy (non-hydrogen) atoms. The average Bonchev–Trinajstić information content (AvgIpc) is 2.88. The molecule has 0 bridgehead atoms. The highest BCUT2D eigenvalue weighted by Crippen LogP contribution is 2.42. The molecule has 0 aromatic heterocycles. The van der Waals surface area contributed by atoms with E-state index in [1.165, 1.54) is 5.56 Å². The number of carbonyl (C=O) groups is 1. The molecule has 0 radical (unpaired) electrons. The lowest BCUT2D eigenvalue weighted by Gasteiger charge is -2.57. The van der Waals surface area contributed by atoms with E-state index < -0.39 is 0 Å². The van der Waals surface area contributed by atoms with E-state index in [1.807, 2.05) is 65.6 Å². The van der Waals surface area contributed by atoms with E-state index in [0.717, 1.165) is 42.6 Å². The molecule has 0 unspecified atom stereocenters. The van der Waals surface area contributed by atoms with Gasteiger partial charge in [0.05, 0.1) is 13.0 Å². The van der Waals surface area contributed by atoms with Crippen molar-refractivity contribution in [3.8, 4) is 11.8 Å². The van der Waals surface area contributed by atoms with Crippen LogP contribution in [0.3, 0.4) is 0 Å². The normalized spacial score (nSPS) is 22.1. The first kappa shape index (κ1) is 23.4. The predicted molar refractivity (Wildman–Crippen MR) is 139 cm³/mol. The van der Waals surface area contributed by atoms with Crippen LogP contribution in [0.2, 0.25) is 0 Å². The SMILES string of the molecule is O=C(Cc1ccccc1)N1CCCCN2[C@@H](CO)[C@H](c3ccc(C#Cc4ccccc4)cc3)[C@@H]2C1. The number of fused-ring (bicyclic) bond motifs is 1. The van der Waals surface area contributed by atoms with Gasteiger partial charge in [-0.1, -0.05) is 72.5 Å². The number of aliphatic hydroxyl groups excluding tert-OH is 1. The summed E-state index contributed by atoms with van der Waals surface area (Å²) in [5.41, 5.74) is 4.25. The first-order valence-electron chi connectivity index (χ1n) is 12.6. The summed E-state index contributed by atoms with van der Waals surface area (Å²) in [6.45, 7) is 2.63. The number of aliphatic hydroxyl groups is 1. The van der Waals surface area contributed by atoms with E-state index in [-0.39, 0.29) is 30.5 Å². The Bertz CT molecular complexity index is 1180. The van der Waals surface area contributed by atoms with Crippen LogP contribution < -0.4 is 0 Å². The Morgan fingerprint density at radius 2 is 1.46 bits per heavy atom. The number of carbonyl (C=O) groups excluding carboxylic acids is 1. The smallest absolute Gasteiger partial charge is 0.227 e. The van der Waals surface area contributed by atoms with Crippen molar-refractivity contribution < 1.29 is 9.90 Å². The fourth-order valence-corrected chi connectivity index (χ4v) is 5.50. The Morgan fingerprint density at radius 1 is 0.829 bits per heavy atom. The summed E-state index contributed by atoms with van der Waals surface area (Å²) < 4.78 is 0. The van der Waals surface area contributed by atoms with Gasteiger partial charge in [-0.3, -0.25) is 9.69 Å². The van der Waals surface area contributed by atoms with Crippen molar-refractivity contribution in [1.29, 1.82) is 0 Å². The maximum Gasteiger partial charge on any atom is 0.227 e. The molecular weight excluding hydrogens is 432 g/mol. The van der Waals surface area contributed by atoms with Crippen molar-refractivity contribution in [2.24, 2.45) is 0 Å². The van der Waals surface area contributed by atoms with E-state index >= 15 is 0 Å². The molecule has 2 heterocycles. The molecule has 2 fully saturated rings. The lowest BCUT2D eigenvalue weighted by Crippen LogP contribution is -2.68. The summed E-state index contributed by atoms with van der Waals surface area (Å²) in [7, 11) is 0. The first-order chi connectivity index (χ1) is 17.2. The van der Waals surface area contributed by atoms with Gasteiger partial charge >= 0.3 is 0 Å². The molecule has 4 nitrogen and oxygen atoms in total. The quantitative estimate of drug-likeness (QED) is 0.592. The Labute approximate surface area is 208 Å². The summed E-state index contributed by atoms with van der Waals surface area (Å²) >= 11 is 0. The van der Waals surface area contributed by atoms with E-state index in [2.05, 4.69) is 41.0 Å². The van der Waals surface area contributed by atoms with Crippen LogP contribution in [0, 0.1) is 11.8 Å². The highest BCUT2D eigenvalue weighted by molar-refractivity contribution is 5.78. The van der Waals surface area contributed by atoms with Crippen LogP contribution in [-0.2, 0) is 11.2 Å². The minimum Gasteiger partial charge on any atom is -0.395 e. The number of benzene rings is 3. The monoisotopic (exact) mass is 464 g/mol. The lowest BCUT2D eigenvalue weighted by molar-refractivity contribution is -0.135. The second-order valence-corrected chi connectivity index (χ2v) is 9.53. The van der Waals surface area contributed by atoms with Gasteiger partial charge < -0.3 is 10.0 Å². The molecule has 5 rings (SSSR count). The van der Waals surface area contributed by atoms with E-state index in [1.54, 1.807) is 0 Å². The third kappa shape index (κ3) is 5.32. The van der Waals surface area contributed by atoms with Crippen molar-refractivity contribution in [2.45, 2.75) is 37.3 Å². The van der Waals surface area contributed by atoms with Gasteiger partial charge in [0.2, 0.25) is 5.91 Å². The van der Waals surface area contributed by atoms with Crippen molar-refractivity contribution in [3.05, 3.63) is 107 Å². The van der Waals surface area contributed by atoms with E-state index in [0.29, 0.717) is 13.0 Å². The Balaban J connectivity index is 1.32. The van der Waals surface area contributed by atoms with Crippen LogP contribution in [0.25, 0.3) is 0 Å². The number of hydrogen-bond acceptors (Lipinski definition) is 3. The lowest BCUT2D eigenvalue weighted by atomic mass is 9.74. The van der Waals surface area contributed by atoms with Crippen LogP contribution in [0.1, 0.15) is 41.0 Å². The van der Waals surface area contributed by atoms with Gasteiger partial charge in [-0.25, -0.2) is 0 Å². The first-order valence-corrected chi connectivity index (χ1v) is 12.6. The minimum atomic E-state index is 0.102. The van der Waals surface area contributed by atoms with Gasteiger partial charge in [-0.2, -0.15) is 0 Å². The Hall–Kier alpha value is -3.39. The standard InChI is InChI=1S/C31H32N2O2/c34-23-29-31(27-17-15-25(16-18-27)14-13-24-9-3-1-4-10-24)28-22-32(19-7-8-20-33(28)29)30(35)21-26-11-5-2-6-12-26/h1-6,9-12,15-18,28-29,31,34H,7-8,19-23H2/t28-,29-,31+/m0/s1. The van der Waals surface area contributed by atoms with Gasteiger partial charge in [0.25, 0.3) is 0 Å². The van der Waals surface area contributed by atoms with Crippen LogP contribution in [0.4, 0.5) is 0 Å². The van der Waals surface area contributed by atoms with Crippen molar-refractivity contribution in [1.82, 2.24) is 9.80 Å². The summed E-state index contributed by atoms with van der Waals surface area (Å²) in [5.74, 6) is 6.86. The fraction of sp³-hybridized carbons (Fsp3) is 0.323. The van der Waals surface area contributed by atoms with E-state index in [9.17, 15) is 9.90 Å². The molecule has 0 saturated carbocycles. The van der Waals surface area contributed by atoms with Gasteiger partial charge in [-0.15, -0.1) is 0 Å². The molecular formula is C31H32N2O2. The second-order valence-electron chi connectivity index (χ2n) is 9.53. The summed E-state index contributed by atoms with van der Waals surface area (Å²) in [5, 5.41) is 10.2. The predicted octanol–water partition coefficient (Wildman–Crippen LogP) is 4.08. The van der Waals surface area contributed by atoms with Crippen LogP contribution >= 0.6 is 0 Å². The third-order valence-electron chi connectivity index (χ3n) is 7.34. The highest BCUT2D eigenvalue weighted by Gasteiger charge is 2.49. The summed E-state index contributed by atoms with van der Waals surface area (Å²) in [4.78, 5) is 17.6. The van der Waals surface area contributed by atoms with Crippen LogP contribution in [0.15, 0.2) is 84.9 Å². The van der Waals surface area contributed by atoms with Crippen LogP contribution in [-0.4, -0.2) is 59.1 Å². The number of rotatable bonds is 4. The maximum absolute atomic E-state index is 13.2. The van der Waals surface area contributed by atoms with Crippen molar-refractivity contribution in [3.63, 3.8) is 0 Å². The zero-order valence-corrected chi connectivity index (χ0v) is 20.0. The molecule has 2 aliphatic rings. The van der Waals surface area contributed by atoms with Crippen LogP contribution in [0.5, 0.6) is 0 Å². The molecule has 3 aromatic carbocycles. The van der Waals surface area contributed by atoms with E-state index in [4.69, 9.17) is 0 Å². The number of nitrogens with zero attached hydrogens (tertiary/aromatic N) is 2. The molecule has 2 saturated heterocycles. The number of hydrogen-bond donors (Lipinski definition) is 1. The molecule has 1 amide bonds. The molecule has 4 heteroatoms. The third-order valence-corrected chi connectivity index (χ3v) is 7.34. The topological polar surface area (TPSA) is 43.8 Å². The molecule has 0 spiro atoms. The summed E-state index contributed by atoms with van der Waals surface area (Å²) in [6, 6.07) is 28.8. The van der Waals surface area contributed by atoms with Gasteiger partial charge in [0.15, 0.2) is 0 Å². The molecule has 3 atom stereocenters. The molecule has 178 valence electrons. The van der Waals surface area contributed by atoms with Gasteiger partial charge in [0, 0.05) is 42.2 Å². The van der Waals surface area contributed by atoms with Gasteiger partial charge in [0.1, 0.15) is 0 Å².